The minimum atomic E-state index is -0.313. The molecule has 180 valence electrons. The van der Waals surface area contributed by atoms with Crippen molar-refractivity contribution in [2.24, 2.45) is 5.92 Å². The summed E-state index contributed by atoms with van der Waals surface area (Å²) in [6, 6.07) is 7.00. The molecule has 1 aliphatic rings. The number of fused-ring (bicyclic) bond motifs is 1. The summed E-state index contributed by atoms with van der Waals surface area (Å²) < 4.78 is 12.6. The second kappa shape index (κ2) is 9.08. The second-order valence-corrected chi connectivity index (χ2v) is 10.9. The van der Waals surface area contributed by atoms with E-state index in [1.54, 1.807) is 23.1 Å². The number of rotatable bonds is 6. The maximum atomic E-state index is 13.3. The third-order valence-corrected chi connectivity index (χ3v) is 5.21. The molecule has 1 aromatic carbocycles. The average Bonchev–Trinajstić information content (AvgIpc) is 3.32. The summed E-state index contributed by atoms with van der Waals surface area (Å²) in [6.07, 6.45) is 0. The van der Waals surface area contributed by atoms with E-state index in [4.69, 9.17) is 14.6 Å². The Balaban J connectivity index is 1.81. The first-order valence-corrected chi connectivity index (χ1v) is 11.4. The van der Waals surface area contributed by atoms with Crippen molar-refractivity contribution >= 4 is 17.6 Å². The van der Waals surface area contributed by atoms with Gasteiger partial charge in [0.15, 0.2) is 11.5 Å². The van der Waals surface area contributed by atoms with Crippen molar-refractivity contribution in [1.82, 2.24) is 14.7 Å². The molecule has 33 heavy (non-hydrogen) atoms. The molecule has 8 heteroatoms. The van der Waals surface area contributed by atoms with Crippen molar-refractivity contribution in [3.05, 3.63) is 35.5 Å². The van der Waals surface area contributed by atoms with Crippen LogP contribution in [0.5, 0.6) is 11.5 Å². The van der Waals surface area contributed by atoms with Gasteiger partial charge < -0.3 is 19.7 Å². The molecule has 1 aromatic heterocycles. The van der Waals surface area contributed by atoms with Gasteiger partial charge in [-0.1, -0.05) is 34.6 Å². The van der Waals surface area contributed by atoms with E-state index >= 15 is 0 Å². The Hall–Kier alpha value is -3.03. The van der Waals surface area contributed by atoms with E-state index in [-0.39, 0.29) is 42.0 Å². The third-order valence-electron chi connectivity index (χ3n) is 5.21. The van der Waals surface area contributed by atoms with Crippen LogP contribution in [0.3, 0.4) is 0 Å². The van der Waals surface area contributed by atoms with Crippen LogP contribution in [-0.4, -0.2) is 46.4 Å². The number of amides is 2. The zero-order chi connectivity index (χ0) is 24.6. The Kier molecular flexibility index (Phi) is 6.77. The predicted molar refractivity (Wildman–Crippen MR) is 128 cm³/mol. The molecule has 0 saturated carbocycles. The topological polar surface area (TPSA) is 85.7 Å². The first kappa shape index (κ1) is 24.6. The molecule has 0 radical (unpaired) electrons. The van der Waals surface area contributed by atoms with Gasteiger partial charge in [0.1, 0.15) is 12.4 Å². The molecule has 1 N–H and O–H groups in total. The summed E-state index contributed by atoms with van der Waals surface area (Å²) in [5, 5.41) is 7.73. The van der Waals surface area contributed by atoms with E-state index in [9.17, 15) is 9.59 Å². The van der Waals surface area contributed by atoms with Crippen LogP contribution in [0.1, 0.15) is 71.4 Å². The van der Waals surface area contributed by atoms with Crippen LogP contribution in [0.4, 0.5) is 5.82 Å². The maximum Gasteiger partial charge on any atom is 0.254 e. The fraction of sp³-hybridized carbons (Fsp3) is 0.560. The van der Waals surface area contributed by atoms with Crippen molar-refractivity contribution in [1.29, 1.82) is 0 Å². The number of nitrogens with zero attached hydrogens (tertiary/aromatic N) is 3. The lowest BCUT2D eigenvalue weighted by Gasteiger charge is -2.25. The van der Waals surface area contributed by atoms with Gasteiger partial charge in [-0.15, -0.1) is 0 Å². The Morgan fingerprint density at radius 3 is 2.36 bits per heavy atom. The lowest BCUT2D eigenvalue weighted by atomic mass is 9.92. The first-order valence-electron chi connectivity index (χ1n) is 11.4. The molecule has 0 aliphatic carbocycles. The zero-order valence-corrected chi connectivity index (χ0v) is 21.0. The second-order valence-electron chi connectivity index (χ2n) is 10.9. The van der Waals surface area contributed by atoms with Gasteiger partial charge >= 0.3 is 0 Å². The monoisotopic (exact) mass is 456 g/mol. The Labute approximate surface area is 196 Å². The van der Waals surface area contributed by atoms with Crippen LogP contribution in [0, 0.1) is 5.92 Å². The Morgan fingerprint density at radius 2 is 1.76 bits per heavy atom. The molecular formula is C25H36N4O4. The number of anilines is 1. The fourth-order valence-corrected chi connectivity index (χ4v) is 3.58. The van der Waals surface area contributed by atoms with Crippen molar-refractivity contribution in [2.75, 3.05) is 25.2 Å². The summed E-state index contributed by atoms with van der Waals surface area (Å²) in [4.78, 5) is 27.9. The lowest BCUT2D eigenvalue weighted by Crippen LogP contribution is -2.40. The highest BCUT2D eigenvalue weighted by Gasteiger charge is 2.27. The molecule has 0 atom stereocenters. The molecule has 2 aromatic rings. The number of benzene rings is 1. The van der Waals surface area contributed by atoms with E-state index in [0.29, 0.717) is 29.4 Å². The molecule has 1 aliphatic heterocycles. The van der Waals surface area contributed by atoms with Crippen molar-refractivity contribution in [3.8, 4) is 11.5 Å². The Bertz CT molecular complexity index is 1030. The fourth-order valence-electron chi connectivity index (χ4n) is 3.58. The van der Waals surface area contributed by atoms with Crippen LogP contribution in [0.25, 0.3) is 0 Å². The van der Waals surface area contributed by atoms with E-state index in [0.717, 1.165) is 5.69 Å². The number of aromatic nitrogens is 2. The number of carbonyl (C=O) groups excluding carboxylic acids is 2. The molecule has 0 saturated heterocycles. The van der Waals surface area contributed by atoms with Crippen LogP contribution in [0.2, 0.25) is 0 Å². The van der Waals surface area contributed by atoms with Crippen LogP contribution < -0.4 is 14.8 Å². The predicted octanol–water partition coefficient (Wildman–Crippen LogP) is 4.40. The highest BCUT2D eigenvalue weighted by Crippen LogP contribution is 2.33. The minimum absolute atomic E-state index is 0.0639. The van der Waals surface area contributed by atoms with Gasteiger partial charge in [0.2, 0.25) is 12.7 Å². The molecule has 0 bridgehead atoms. The normalized spacial score (nSPS) is 13.4. The summed E-state index contributed by atoms with van der Waals surface area (Å²) in [5.74, 6) is 1.48. The van der Waals surface area contributed by atoms with Gasteiger partial charge in [-0.2, -0.15) is 5.10 Å². The largest absolute Gasteiger partial charge is 0.454 e. The molecule has 0 spiro atoms. The highest BCUT2D eigenvalue weighted by atomic mass is 16.7. The minimum Gasteiger partial charge on any atom is -0.454 e. The van der Waals surface area contributed by atoms with Crippen molar-refractivity contribution < 1.29 is 19.1 Å². The quantitative estimate of drug-likeness (QED) is 0.696. The van der Waals surface area contributed by atoms with Gasteiger partial charge in [0, 0.05) is 23.6 Å². The molecule has 3 rings (SSSR count). The number of hydrogen-bond donors (Lipinski definition) is 1. The molecule has 2 heterocycles. The molecule has 8 nitrogen and oxygen atoms in total. The summed E-state index contributed by atoms with van der Waals surface area (Å²) in [7, 11) is 0. The zero-order valence-electron chi connectivity index (χ0n) is 21.0. The standard InChI is InChI=1S/C25H36N4O4/c1-16(2)13-28(23(31)17-9-10-18-19(11-17)33-15-32-18)14-22(30)26-21-12-20(24(3,4)5)27-29(21)25(6,7)8/h9-12,16H,13-15H2,1-8H3,(H,26,30). The van der Waals surface area contributed by atoms with Gasteiger partial charge in [0.05, 0.1) is 11.2 Å². The van der Waals surface area contributed by atoms with Gasteiger partial charge in [-0.3, -0.25) is 9.59 Å². The van der Waals surface area contributed by atoms with E-state index in [2.05, 4.69) is 26.1 Å². The number of nitrogens with one attached hydrogen (secondary N) is 1. The van der Waals surface area contributed by atoms with E-state index in [1.165, 1.54) is 0 Å². The number of carbonyl (C=O) groups is 2. The van der Waals surface area contributed by atoms with Crippen molar-refractivity contribution in [3.63, 3.8) is 0 Å². The van der Waals surface area contributed by atoms with E-state index in [1.807, 2.05) is 45.4 Å². The maximum absolute atomic E-state index is 13.3. The van der Waals surface area contributed by atoms with E-state index < -0.39 is 0 Å². The van der Waals surface area contributed by atoms with Gasteiger partial charge in [0.25, 0.3) is 5.91 Å². The molecule has 2 amide bonds. The molecular weight excluding hydrogens is 420 g/mol. The average molecular weight is 457 g/mol. The van der Waals surface area contributed by atoms with Crippen molar-refractivity contribution in [2.45, 2.75) is 66.3 Å². The SMILES string of the molecule is CC(C)CN(CC(=O)Nc1cc(C(C)(C)C)nn1C(C)(C)C)C(=O)c1ccc2c(c1)OCO2. The van der Waals surface area contributed by atoms with Crippen LogP contribution >= 0.6 is 0 Å². The lowest BCUT2D eigenvalue weighted by molar-refractivity contribution is -0.117. The highest BCUT2D eigenvalue weighted by molar-refractivity contribution is 5.99. The molecule has 0 fully saturated rings. The first-order chi connectivity index (χ1) is 15.3. The smallest absolute Gasteiger partial charge is 0.254 e. The van der Waals surface area contributed by atoms with Gasteiger partial charge in [-0.05, 0) is 44.9 Å². The third kappa shape index (κ3) is 5.86. The molecule has 0 unspecified atom stereocenters. The Morgan fingerprint density at radius 1 is 1.09 bits per heavy atom. The van der Waals surface area contributed by atoms with Gasteiger partial charge in [-0.25, -0.2) is 4.68 Å². The summed E-state index contributed by atoms with van der Waals surface area (Å²) in [6.45, 7) is 16.9. The summed E-state index contributed by atoms with van der Waals surface area (Å²) in [5.41, 5.74) is 0.881. The summed E-state index contributed by atoms with van der Waals surface area (Å²) >= 11 is 0. The van der Waals surface area contributed by atoms with Crippen LogP contribution in [0.15, 0.2) is 24.3 Å². The number of ether oxygens (including phenoxy) is 2. The van der Waals surface area contributed by atoms with Crippen LogP contribution in [-0.2, 0) is 15.7 Å². The number of hydrogen-bond acceptors (Lipinski definition) is 5.